The van der Waals surface area contributed by atoms with Crippen LogP contribution in [0.2, 0.25) is 0 Å². The van der Waals surface area contributed by atoms with Crippen LogP contribution in [0.5, 0.6) is 0 Å². The Bertz CT molecular complexity index is 491. The minimum absolute atomic E-state index is 0.679. The van der Waals surface area contributed by atoms with Gasteiger partial charge in [0, 0.05) is 5.69 Å². The third-order valence-corrected chi connectivity index (χ3v) is 2.46. The van der Waals surface area contributed by atoms with Gasteiger partial charge in [-0.1, -0.05) is 29.8 Å². The van der Waals surface area contributed by atoms with Gasteiger partial charge in [0.1, 0.15) is 0 Å². The van der Waals surface area contributed by atoms with Crippen LogP contribution in [0.1, 0.15) is 11.3 Å². The zero-order valence-corrected chi connectivity index (χ0v) is 9.03. The fourth-order valence-electron chi connectivity index (χ4n) is 1.48. The minimum atomic E-state index is 0.679. The Kier molecular flexibility index (Phi) is 2.25. The second-order valence-corrected chi connectivity index (χ2v) is 3.85. The number of aromatic amines is 2. The van der Waals surface area contributed by atoms with Crippen LogP contribution in [0, 0.1) is 18.6 Å². The summed E-state index contributed by atoms with van der Waals surface area (Å²) in [6.07, 6.45) is 0. The van der Waals surface area contributed by atoms with Crippen LogP contribution < -0.4 is 0 Å². The molecular formula is C11H12N2S. The standard InChI is InChI=1S/C11H12N2S/c1-7-3-5-9(6-4-7)10-8(2)12-11(14)13-10/h3-6H,1-2H3,(H2,12,13,14). The third-order valence-electron chi connectivity index (χ3n) is 2.25. The molecule has 1 aromatic heterocycles. The highest BCUT2D eigenvalue weighted by Crippen LogP contribution is 2.20. The highest BCUT2D eigenvalue weighted by atomic mass is 32.1. The SMILES string of the molecule is Cc1ccc(-c2[nH]c(=S)[nH]c2C)cc1. The van der Waals surface area contributed by atoms with Gasteiger partial charge in [-0.15, -0.1) is 0 Å². The topological polar surface area (TPSA) is 31.6 Å². The van der Waals surface area contributed by atoms with Gasteiger partial charge >= 0.3 is 0 Å². The summed E-state index contributed by atoms with van der Waals surface area (Å²) in [6, 6.07) is 8.38. The van der Waals surface area contributed by atoms with Gasteiger partial charge in [-0.3, -0.25) is 0 Å². The second-order valence-electron chi connectivity index (χ2n) is 3.45. The largest absolute Gasteiger partial charge is 0.334 e. The van der Waals surface area contributed by atoms with E-state index in [1.165, 1.54) is 11.1 Å². The molecule has 72 valence electrons. The average Bonchev–Trinajstić information content (AvgIpc) is 2.47. The normalized spacial score (nSPS) is 10.4. The highest BCUT2D eigenvalue weighted by molar-refractivity contribution is 7.71. The smallest absolute Gasteiger partial charge is 0.175 e. The zero-order chi connectivity index (χ0) is 10.1. The second kappa shape index (κ2) is 3.42. The molecule has 0 radical (unpaired) electrons. The molecular weight excluding hydrogens is 192 g/mol. The Hall–Kier alpha value is -1.35. The molecule has 2 N–H and O–H groups in total. The quantitative estimate of drug-likeness (QED) is 0.686. The molecule has 0 amide bonds. The van der Waals surface area contributed by atoms with Crippen molar-refractivity contribution in [3.63, 3.8) is 0 Å². The lowest BCUT2D eigenvalue weighted by Gasteiger charge is -1.99. The molecule has 2 nitrogen and oxygen atoms in total. The molecule has 2 rings (SSSR count). The zero-order valence-electron chi connectivity index (χ0n) is 8.22. The van der Waals surface area contributed by atoms with Crippen LogP contribution in [-0.2, 0) is 0 Å². The first-order valence-corrected chi connectivity index (χ1v) is 4.93. The van der Waals surface area contributed by atoms with Gasteiger partial charge in [-0.25, -0.2) is 0 Å². The molecule has 0 saturated carbocycles. The molecule has 0 atom stereocenters. The van der Waals surface area contributed by atoms with E-state index in [1.807, 2.05) is 6.92 Å². The number of rotatable bonds is 1. The predicted molar refractivity (Wildman–Crippen MR) is 60.9 cm³/mol. The Balaban J connectivity index is 2.54. The van der Waals surface area contributed by atoms with E-state index >= 15 is 0 Å². The molecule has 2 aromatic rings. The lowest BCUT2D eigenvalue weighted by Crippen LogP contribution is -1.81. The summed E-state index contributed by atoms with van der Waals surface area (Å²) < 4.78 is 0.679. The van der Waals surface area contributed by atoms with Crippen molar-refractivity contribution < 1.29 is 0 Å². The number of hydrogen-bond donors (Lipinski definition) is 2. The molecule has 14 heavy (non-hydrogen) atoms. The molecule has 0 fully saturated rings. The molecule has 1 aromatic carbocycles. The summed E-state index contributed by atoms with van der Waals surface area (Å²) in [7, 11) is 0. The molecule has 0 aliphatic rings. The van der Waals surface area contributed by atoms with Crippen LogP contribution in [0.25, 0.3) is 11.3 Å². The summed E-state index contributed by atoms with van der Waals surface area (Å²) in [6.45, 7) is 4.09. The molecule has 0 spiro atoms. The molecule has 0 saturated heterocycles. The van der Waals surface area contributed by atoms with Crippen molar-refractivity contribution in [1.29, 1.82) is 0 Å². The first-order valence-electron chi connectivity index (χ1n) is 4.53. The third kappa shape index (κ3) is 1.63. The van der Waals surface area contributed by atoms with Crippen LogP contribution in [0.15, 0.2) is 24.3 Å². The van der Waals surface area contributed by atoms with Crippen LogP contribution in [-0.4, -0.2) is 9.97 Å². The maximum absolute atomic E-state index is 5.04. The summed E-state index contributed by atoms with van der Waals surface area (Å²) in [5.41, 5.74) is 4.59. The molecule has 0 aliphatic heterocycles. The number of benzene rings is 1. The van der Waals surface area contributed by atoms with Crippen molar-refractivity contribution in [1.82, 2.24) is 9.97 Å². The van der Waals surface area contributed by atoms with E-state index in [0.717, 1.165) is 11.4 Å². The van der Waals surface area contributed by atoms with Crippen molar-refractivity contribution in [3.05, 3.63) is 40.3 Å². The fraction of sp³-hybridized carbons (Fsp3) is 0.182. The van der Waals surface area contributed by atoms with E-state index < -0.39 is 0 Å². The number of hydrogen-bond acceptors (Lipinski definition) is 1. The maximum Gasteiger partial charge on any atom is 0.175 e. The van der Waals surface area contributed by atoms with Crippen molar-refractivity contribution in [3.8, 4) is 11.3 Å². The molecule has 1 heterocycles. The summed E-state index contributed by atoms with van der Waals surface area (Å²) in [5.74, 6) is 0. The first-order chi connectivity index (χ1) is 6.66. The van der Waals surface area contributed by atoms with E-state index in [0.29, 0.717) is 4.77 Å². The predicted octanol–water partition coefficient (Wildman–Crippen LogP) is 3.36. The van der Waals surface area contributed by atoms with Gasteiger partial charge in [-0.2, -0.15) is 0 Å². The number of imidazole rings is 1. The van der Waals surface area contributed by atoms with E-state index in [4.69, 9.17) is 12.2 Å². The van der Waals surface area contributed by atoms with E-state index in [1.54, 1.807) is 0 Å². The first kappa shape index (κ1) is 9.21. The summed E-state index contributed by atoms with van der Waals surface area (Å²) in [4.78, 5) is 6.22. The van der Waals surface area contributed by atoms with Crippen LogP contribution in [0.4, 0.5) is 0 Å². The van der Waals surface area contributed by atoms with E-state index in [-0.39, 0.29) is 0 Å². The van der Waals surface area contributed by atoms with Gasteiger partial charge in [0.25, 0.3) is 0 Å². The van der Waals surface area contributed by atoms with Gasteiger partial charge in [0.2, 0.25) is 0 Å². The van der Waals surface area contributed by atoms with Crippen LogP contribution in [0.3, 0.4) is 0 Å². The Morgan fingerprint density at radius 1 is 1.00 bits per heavy atom. The molecule has 0 aliphatic carbocycles. The fourth-order valence-corrected chi connectivity index (χ4v) is 1.74. The van der Waals surface area contributed by atoms with Crippen molar-refractivity contribution in [2.75, 3.05) is 0 Å². The van der Waals surface area contributed by atoms with Crippen LogP contribution >= 0.6 is 12.2 Å². The van der Waals surface area contributed by atoms with Gasteiger partial charge in [0.15, 0.2) is 4.77 Å². The summed E-state index contributed by atoms with van der Waals surface area (Å²) in [5, 5.41) is 0. The van der Waals surface area contributed by atoms with E-state index in [2.05, 4.69) is 41.2 Å². The molecule has 0 unspecified atom stereocenters. The van der Waals surface area contributed by atoms with Gasteiger partial charge in [-0.05, 0) is 31.6 Å². The van der Waals surface area contributed by atoms with E-state index in [9.17, 15) is 0 Å². The Morgan fingerprint density at radius 3 is 2.14 bits per heavy atom. The lowest BCUT2D eigenvalue weighted by atomic mass is 10.1. The Morgan fingerprint density at radius 2 is 1.64 bits per heavy atom. The van der Waals surface area contributed by atoms with Crippen molar-refractivity contribution in [2.24, 2.45) is 0 Å². The number of nitrogens with one attached hydrogen (secondary N) is 2. The lowest BCUT2D eigenvalue weighted by molar-refractivity contribution is 1.22. The minimum Gasteiger partial charge on any atom is -0.334 e. The maximum atomic E-state index is 5.04. The Labute approximate surface area is 88.0 Å². The van der Waals surface area contributed by atoms with Gasteiger partial charge in [0.05, 0.1) is 5.69 Å². The number of H-pyrrole nitrogens is 2. The number of aromatic nitrogens is 2. The molecule has 0 bridgehead atoms. The number of aryl methyl sites for hydroxylation is 2. The summed E-state index contributed by atoms with van der Waals surface area (Å²) >= 11 is 5.04. The highest BCUT2D eigenvalue weighted by Gasteiger charge is 2.02. The monoisotopic (exact) mass is 204 g/mol. The van der Waals surface area contributed by atoms with Crippen molar-refractivity contribution >= 4 is 12.2 Å². The van der Waals surface area contributed by atoms with Gasteiger partial charge < -0.3 is 9.97 Å². The van der Waals surface area contributed by atoms with Crippen molar-refractivity contribution in [2.45, 2.75) is 13.8 Å². The average molecular weight is 204 g/mol. The molecule has 3 heteroatoms.